The van der Waals surface area contributed by atoms with Gasteiger partial charge in [0, 0.05) is 13.1 Å². The molecule has 2 aromatic carbocycles. The van der Waals surface area contributed by atoms with Gasteiger partial charge in [0.05, 0.1) is 13.2 Å². The summed E-state index contributed by atoms with van der Waals surface area (Å²) in [5.41, 5.74) is 1.98. The van der Waals surface area contributed by atoms with Crippen LogP contribution in [0.1, 0.15) is 18.1 Å². The number of rotatable bonds is 9. The predicted molar refractivity (Wildman–Crippen MR) is 92.7 cm³/mol. The molecule has 128 valence electrons. The van der Waals surface area contributed by atoms with Gasteiger partial charge in [-0.2, -0.15) is 8.78 Å². The minimum absolute atomic E-state index is 0.186. The zero-order valence-electron chi connectivity index (χ0n) is 13.9. The van der Waals surface area contributed by atoms with Crippen molar-refractivity contribution >= 4 is 0 Å². The molecule has 24 heavy (non-hydrogen) atoms. The lowest BCUT2D eigenvalue weighted by Crippen LogP contribution is -2.38. The molecule has 2 aromatic rings. The van der Waals surface area contributed by atoms with E-state index < -0.39 is 18.2 Å². The molecule has 0 aliphatic carbocycles. The molecule has 0 amide bonds. The highest BCUT2D eigenvalue weighted by atomic mass is 19.3. The first kappa shape index (κ1) is 18.1. The Labute approximate surface area is 142 Å². The van der Waals surface area contributed by atoms with Crippen LogP contribution in [0.2, 0.25) is 0 Å². The lowest BCUT2D eigenvalue weighted by Gasteiger charge is -2.28. The number of alkyl halides is 2. The molecular formula is C20H23F2NO. The quantitative estimate of drug-likeness (QED) is 0.608. The summed E-state index contributed by atoms with van der Waals surface area (Å²) in [4.78, 5) is 1.72. The Morgan fingerprint density at radius 2 is 1.42 bits per heavy atom. The van der Waals surface area contributed by atoms with Crippen molar-refractivity contribution in [1.82, 2.24) is 4.90 Å². The lowest BCUT2D eigenvalue weighted by molar-refractivity contribution is -0.0478. The Bertz CT molecular complexity index is 587. The monoisotopic (exact) mass is 331 g/mol. The fourth-order valence-corrected chi connectivity index (χ4v) is 2.50. The lowest BCUT2D eigenvalue weighted by atomic mass is 10.1. The summed E-state index contributed by atoms with van der Waals surface area (Å²) in [6.07, 6.45) is 0. The van der Waals surface area contributed by atoms with Crippen LogP contribution >= 0.6 is 0 Å². The van der Waals surface area contributed by atoms with Gasteiger partial charge in [-0.25, -0.2) is 0 Å². The topological polar surface area (TPSA) is 12.5 Å². The summed E-state index contributed by atoms with van der Waals surface area (Å²) in [5.74, 6) is -3.57. The molecule has 0 aliphatic rings. The Hall–Kier alpha value is -2.20. The van der Waals surface area contributed by atoms with Crippen molar-refractivity contribution in [3.8, 4) is 0 Å². The van der Waals surface area contributed by atoms with Crippen LogP contribution in [0.3, 0.4) is 0 Å². The third kappa shape index (κ3) is 5.46. The van der Waals surface area contributed by atoms with Gasteiger partial charge in [0.25, 0.3) is 0 Å². The van der Waals surface area contributed by atoms with Crippen molar-refractivity contribution < 1.29 is 13.5 Å². The summed E-state index contributed by atoms with van der Waals surface area (Å²) in [6, 6.07) is 19.2. The zero-order valence-corrected chi connectivity index (χ0v) is 13.9. The van der Waals surface area contributed by atoms with E-state index >= 15 is 0 Å². The van der Waals surface area contributed by atoms with Gasteiger partial charge in [-0.05, 0) is 18.1 Å². The van der Waals surface area contributed by atoms with Crippen molar-refractivity contribution in [2.75, 3.05) is 13.2 Å². The standard InChI is InChI=1S/C20H23F2NO/c1-3-24-17(2)20(21,22)16-23(14-18-10-6-4-7-11-18)15-19-12-8-5-9-13-19/h4-13H,2-3,14-16H2,1H3. The van der Waals surface area contributed by atoms with E-state index in [2.05, 4.69) is 6.58 Å². The maximum absolute atomic E-state index is 14.4. The molecular weight excluding hydrogens is 308 g/mol. The van der Waals surface area contributed by atoms with Gasteiger partial charge in [-0.1, -0.05) is 67.2 Å². The average molecular weight is 331 g/mol. The second-order valence-electron chi connectivity index (χ2n) is 5.68. The largest absolute Gasteiger partial charge is 0.492 e. The van der Waals surface area contributed by atoms with E-state index in [-0.39, 0.29) is 6.61 Å². The summed E-state index contributed by atoms with van der Waals surface area (Å²) >= 11 is 0. The summed E-state index contributed by atoms with van der Waals surface area (Å²) in [7, 11) is 0. The SMILES string of the molecule is C=C(OCC)C(F)(F)CN(Cc1ccccc1)Cc1ccccc1. The molecule has 0 fully saturated rings. The van der Waals surface area contributed by atoms with Crippen LogP contribution in [0.15, 0.2) is 73.0 Å². The minimum atomic E-state index is -3.10. The Balaban J connectivity index is 2.14. The Morgan fingerprint density at radius 3 is 1.83 bits per heavy atom. The highest BCUT2D eigenvalue weighted by molar-refractivity contribution is 5.17. The van der Waals surface area contributed by atoms with E-state index in [0.29, 0.717) is 13.1 Å². The maximum Gasteiger partial charge on any atom is 0.315 e. The summed E-state index contributed by atoms with van der Waals surface area (Å²) < 4.78 is 33.7. The van der Waals surface area contributed by atoms with Crippen LogP contribution in [0.25, 0.3) is 0 Å². The first-order valence-corrected chi connectivity index (χ1v) is 8.01. The number of ether oxygens (including phenoxy) is 1. The molecule has 0 aromatic heterocycles. The van der Waals surface area contributed by atoms with Crippen molar-refractivity contribution in [3.63, 3.8) is 0 Å². The molecule has 0 spiro atoms. The molecule has 0 N–H and O–H groups in total. The number of hydrogen-bond acceptors (Lipinski definition) is 2. The normalized spacial score (nSPS) is 11.5. The van der Waals surface area contributed by atoms with Gasteiger partial charge < -0.3 is 4.74 Å². The van der Waals surface area contributed by atoms with Crippen LogP contribution in [-0.2, 0) is 17.8 Å². The van der Waals surface area contributed by atoms with Crippen LogP contribution in [-0.4, -0.2) is 24.0 Å². The summed E-state index contributed by atoms with van der Waals surface area (Å²) in [5, 5.41) is 0. The highest BCUT2D eigenvalue weighted by Gasteiger charge is 2.36. The van der Waals surface area contributed by atoms with Crippen LogP contribution in [0.5, 0.6) is 0 Å². The van der Waals surface area contributed by atoms with Crippen molar-refractivity contribution in [3.05, 3.63) is 84.1 Å². The van der Waals surface area contributed by atoms with Crippen LogP contribution in [0, 0.1) is 0 Å². The first-order valence-electron chi connectivity index (χ1n) is 8.01. The molecule has 0 aliphatic heterocycles. The van der Waals surface area contributed by atoms with Crippen molar-refractivity contribution in [1.29, 1.82) is 0 Å². The third-order valence-electron chi connectivity index (χ3n) is 3.65. The van der Waals surface area contributed by atoms with E-state index in [1.807, 2.05) is 60.7 Å². The fraction of sp³-hybridized carbons (Fsp3) is 0.300. The van der Waals surface area contributed by atoms with Gasteiger partial charge in [0.2, 0.25) is 0 Å². The second kappa shape index (κ2) is 8.60. The fourth-order valence-electron chi connectivity index (χ4n) is 2.50. The van der Waals surface area contributed by atoms with Crippen molar-refractivity contribution in [2.45, 2.75) is 25.9 Å². The van der Waals surface area contributed by atoms with Gasteiger partial charge in [-0.3, -0.25) is 4.90 Å². The van der Waals surface area contributed by atoms with E-state index in [4.69, 9.17) is 4.74 Å². The van der Waals surface area contributed by atoms with Gasteiger partial charge in [0.1, 0.15) is 0 Å². The Kier molecular flexibility index (Phi) is 6.50. The zero-order chi connectivity index (χ0) is 17.4. The maximum atomic E-state index is 14.4. The average Bonchev–Trinajstić information content (AvgIpc) is 2.56. The third-order valence-corrected chi connectivity index (χ3v) is 3.65. The number of nitrogens with zero attached hydrogens (tertiary/aromatic N) is 1. The molecule has 0 unspecified atom stereocenters. The van der Waals surface area contributed by atoms with E-state index in [9.17, 15) is 8.78 Å². The van der Waals surface area contributed by atoms with Crippen LogP contribution < -0.4 is 0 Å². The molecule has 0 atom stereocenters. The van der Waals surface area contributed by atoms with Crippen molar-refractivity contribution in [2.24, 2.45) is 0 Å². The van der Waals surface area contributed by atoms with E-state index in [1.165, 1.54) is 0 Å². The molecule has 2 rings (SSSR count). The van der Waals surface area contributed by atoms with Gasteiger partial charge >= 0.3 is 5.92 Å². The number of benzene rings is 2. The highest BCUT2D eigenvalue weighted by Crippen LogP contribution is 2.26. The minimum Gasteiger partial charge on any atom is -0.492 e. The smallest absolute Gasteiger partial charge is 0.315 e. The molecule has 0 heterocycles. The number of halogens is 2. The van der Waals surface area contributed by atoms with E-state index in [1.54, 1.807) is 11.8 Å². The molecule has 0 saturated heterocycles. The number of hydrogen-bond donors (Lipinski definition) is 0. The first-order chi connectivity index (χ1) is 11.5. The molecule has 0 radical (unpaired) electrons. The van der Waals surface area contributed by atoms with Crippen LogP contribution in [0.4, 0.5) is 8.78 Å². The molecule has 0 bridgehead atoms. The van der Waals surface area contributed by atoms with Gasteiger partial charge in [-0.15, -0.1) is 0 Å². The molecule has 0 saturated carbocycles. The van der Waals surface area contributed by atoms with E-state index in [0.717, 1.165) is 11.1 Å². The molecule has 2 nitrogen and oxygen atoms in total. The predicted octanol–water partition coefficient (Wildman–Crippen LogP) is 4.87. The summed E-state index contributed by atoms with van der Waals surface area (Å²) in [6.45, 7) is 5.68. The van der Waals surface area contributed by atoms with Gasteiger partial charge in [0.15, 0.2) is 5.76 Å². The second-order valence-corrected chi connectivity index (χ2v) is 5.68. The Morgan fingerprint density at radius 1 is 0.958 bits per heavy atom. The molecule has 4 heteroatoms.